The predicted octanol–water partition coefficient (Wildman–Crippen LogP) is 5.58. The number of amides is 1. The molecule has 0 atom stereocenters. The Kier molecular flexibility index (Phi) is 11.2. The number of rotatable bonds is 14. The van der Waals surface area contributed by atoms with Crippen molar-refractivity contribution in [1.29, 1.82) is 0 Å². The third kappa shape index (κ3) is 8.39. The fourth-order valence-electron chi connectivity index (χ4n) is 5.07. The van der Waals surface area contributed by atoms with Crippen LogP contribution in [0.3, 0.4) is 0 Å². The van der Waals surface area contributed by atoms with Crippen molar-refractivity contribution >= 4 is 11.9 Å². The normalized spacial score (nSPS) is 12.3. The van der Waals surface area contributed by atoms with Crippen LogP contribution in [0.1, 0.15) is 56.4 Å². The number of aromatic nitrogens is 2. The minimum Gasteiger partial charge on any atom is -0.493 e. The third-order valence-electron chi connectivity index (χ3n) is 7.64. The molecule has 4 aromatic rings. The van der Waals surface area contributed by atoms with Crippen LogP contribution in [0.15, 0.2) is 83.7 Å². The summed E-state index contributed by atoms with van der Waals surface area (Å²) in [5, 5.41) is 3.29. The van der Waals surface area contributed by atoms with E-state index in [9.17, 15) is 14.4 Å². The molecule has 0 aliphatic carbocycles. The van der Waals surface area contributed by atoms with Crippen molar-refractivity contribution in [1.82, 2.24) is 19.8 Å². The average Bonchev–Trinajstić information content (AvgIpc) is 3.08. The van der Waals surface area contributed by atoms with Crippen molar-refractivity contribution in [3.05, 3.63) is 106 Å². The number of hydrogen-bond acceptors (Lipinski definition) is 8. The highest BCUT2D eigenvalue weighted by atomic mass is 16.5. The molecule has 0 radical (unpaired) electrons. The number of ether oxygens (including phenoxy) is 3. The van der Waals surface area contributed by atoms with Gasteiger partial charge in [0.1, 0.15) is 17.2 Å². The van der Waals surface area contributed by atoms with Gasteiger partial charge in [-0.25, -0.2) is 9.55 Å². The summed E-state index contributed by atoms with van der Waals surface area (Å²) in [5.41, 5.74) is 2.50. The molecule has 46 heavy (non-hydrogen) atoms. The maximum atomic E-state index is 14.0. The Bertz CT molecular complexity index is 1690. The maximum absolute atomic E-state index is 14.0. The molecule has 0 spiro atoms. The van der Waals surface area contributed by atoms with Crippen molar-refractivity contribution in [2.24, 2.45) is 0 Å². The number of unbranched alkanes of at least 4 members (excludes halogenated alkanes) is 1. The van der Waals surface area contributed by atoms with Gasteiger partial charge in [0.15, 0.2) is 0 Å². The molecule has 2 heterocycles. The van der Waals surface area contributed by atoms with E-state index in [4.69, 9.17) is 19.2 Å². The smallest absolute Gasteiger partial charge is 0.310 e. The first-order valence-electron chi connectivity index (χ1n) is 15.8. The zero-order valence-electron chi connectivity index (χ0n) is 26.4. The molecule has 240 valence electrons. The molecule has 1 N–H and O–H groups in total. The summed E-state index contributed by atoms with van der Waals surface area (Å²) < 4.78 is 18.7. The van der Waals surface area contributed by atoms with Gasteiger partial charge >= 0.3 is 12.0 Å². The van der Waals surface area contributed by atoms with Gasteiger partial charge in [-0.3, -0.25) is 14.4 Å². The molecular formula is C36H40N4O6. The minimum absolute atomic E-state index is 0.0362. The highest BCUT2D eigenvalue weighted by Crippen LogP contribution is 2.27. The van der Waals surface area contributed by atoms with Crippen LogP contribution >= 0.6 is 0 Å². The Morgan fingerprint density at radius 2 is 1.72 bits per heavy atom. The summed E-state index contributed by atoms with van der Waals surface area (Å²) in [6, 6.07) is 24.0. The molecule has 1 aliphatic heterocycles. The Balaban J connectivity index is 1.25. The van der Waals surface area contributed by atoms with Crippen LogP contribution < -0.4 is 25.1 Å². The SMILES string of the molecule is CCCCOc1cccc(Oc2nc3c(c(=O)n2-c2ccccc2)CN(C(=O)CCNCc2ccc(OC(=O)CC)cc2)CC3)c1. The zero-order valence-corrected chi connectivity index (χ0v) is 26.4. The van der Waals surface area contributed by atoms with Crippen LogP contribution in [-0.4, -0.2) is 46.0 Å². The Hall–Kier alpha value is -4.96. The van der Waals surface area contributed by atoms with Crippen molar-refractivity contribution in [3.8, 4) is 28.9 Å². The van der Waals surface area contributed by atoms with Crippen LogP contribution in [0.25, 0.3) is 5.69 Å². The standard InChI is InChI=1S/C36H40N4O6/c1-3-5-22-44-29-12-9-13-30(23-29)46-36-38-32-19-21-39(25-31(32)35(43)40(36)27-10-7-6-8-11-27)33(41)18-20-37-24-26-14-16-28(17-15-26)45-34(42)4-2/h6-17,23,37H,3-5,18-22,24-25H2,1-2H3. The average molecular weight is 625 g/mol. The van der Waals surface area contributed by atoms with Crippen LogP contribution in [0.4, 0.5) is 0 Å². The van der Waals surface area contributed by atoms with Gasteiger partial charge in [-0.05, 0) is 48.4 Å². The van der Waals surface area contributed by atoms with E-state index in [1.165, 1.54) is 4.57 Å². The van der Waals surface area contributed by atoms with Gasteiger partial charge in [0.25, 0.3) is 5.56 Å². The molecule has 5 rings (SSSR count). The second-order valence-electron chi connectivity index (χ2n) is 11.0. The lowest BCUT2D eigenvalue weighted by Crippen LogP contribution is -2.41. The lowest BCUT2D eigenvalue weighted by Gasteiger charge is -2.29. The Labute approximate surface area is 268 Å². The van der Waals surface area contributed by atoms with E-state index >= 15 is 0 Å². The number of carbonyl (C=O) groups is 2. The highest BCUT2D eigenvalue weighted by molar-refractivity contribution is 5.76. The number of carbonyl (C=O) groups excluding carboxylic acids is 2. The van der Waals surface area contributed by atoms with E-state index < -0.39 is 0 Å². The molecule has 3 aromatic carbocycles. The molecule has 0 saturated heterocycles. The number of nitrogens with zero attached hydrogens (tertiary/aromatic N) is 3. The number of fused-ring (bicyclic) bond motifs is 1. The predicted molar refractivity (Wildman–Crippen MR) is 175 cm³/mol. The monoisotopic (exact) mass is 624 g/mol. The van der Waals surface area contributed by atoms with Crippen LogP contribution in [0, 0.1) is 0 Å². The fourth-order valence-corrected chi connectivity index (χ4v) is 5.07. The second-order valence-corrected chi connectivity index (χ2v) is 11.0. The van der Waals surface area contributed by atoms with Crippen molar-refractivity contribution < 1.29 is 23.8 Å². The van der Waals surface area contributed by atoms with E-state index in [1.807, 2.05) is 54.6 Å². The third-order valence-corrected chi connectivity index (χ3v) is 7.64. The van der Waals surface area contributed by atoms with Crippen LogP contribution in [-0.2, 0) is 29.1 Å². The molecule has 10 nitrogen and oxygen atoms in total. The summed E-state index contributed by atoms with van der Waals surface area (Å²) in [7, 11) is 0. The van der Waals surface area contributed by atoms with Gasteiger partial charge in [0, 0.05) is 45.0 Å². The quantitative estimate of drug-likeness (QED) is 0.110. The maximum Gasteiger partial charge on any atom is 0.310 e. The Morgan fingerprint density at radius 1 is 0.935 bits per heavy atom. The van der Waals surface area contributed by atoms with E-state index in [0.717, 1.165) is 18.4 Å². The van der Waals surface area contributed by atoms with E-state index in [1.54, 1.807) is 36.1 Å². The minimum atomic E-state index is -0.275. The van der Waals surface area contributed by atoms with E-state index in [0.29, 0.717) is 79.7 Å². The number of para-hydroxylation sites is 1. The van der Waals surface area contributed by atoms with E-state index in [2.05, 4.69) is 12.2 Å². The lowest BCUT2D eigenvalue weighted by molar-refractivity contribution is -0.134. The summed E-state index contributed by atoms with van der Waals surface area (Å²) >= 11 is 0. The van der Waals surface area contributed by atoms with Gasteiger partial charge in [0.05, 0.1) is 30.1 Å². The number of nitrogens with one attached hydrogen (secondary N) is 1. The van der Waals surface area contributed by atoms with Crippen molar-refractivity contribution in [2.45, 2.75) is 59.0 Å². The molecular weight excluding hydrogens is 584 g/mol. The topological polar surface area (TPSA) is 112 Å². The Morgan fingerprint density at radius 3 is 2.48 bits per heavy atom. The molecule has 0 unspecified atom stereocenters. The first-order chi connectivity index (χ1) is 22.4. The molecule has 0 saturated carbocycles. The van der Waals surface area contributed by atoms with Gasteiger partial charge in [-0.2, -0.15) is 0 Å². The number of esters is 1. The molecule has 1 amide bonds. The molecule has 10 heteroatoms. The van der Waals surface area contributed by atoms with Crippen LogP contribution in [0.2, 0.25) is 0 Å². The number of hydrogen-bond donors (Lipinski definition) is 1. The molecule has 1 aliphatic rings. The molecule has 0 bridgehead atoms. The number of benzene rings is 3. The first kappa shape index (κ1) is 32.4. The summed E-state index contributed by atoms with van der Waals surface area (Å²) in [4.78, 5) is 45.1. The summed E-state index contributed by atoms with van der Waals surface area (Å²) in [6.45, 7) is 6.18. The van der Waals surface area contributed by atoms with Crippen LogP contribution in [0.5, 0.6) is 23.3 Å². The van der Waals surface area contributed by atoms with Gasteiger partial charge in [-0.1, -0.05) is 56.7 Å². The lowest BCUT2D eigenvalue weighted by atomic mass is 10.1. The van der Waals surface area contributed by atoms with E-state index in [-0.39, 0.29) is 30.0 Å². The van der Waals surface area contributed by atoms with Crippen molar-refractivity contribution in [2.75, 3.05) is 19.7 Å². The van der Waals surface area contributed by atoms with Gasteiger partial charge in [-0.15, -0.1) is 0 Å². The summed E-state index contributed by atoms with van der Waals surface area (Å²) in [6.07, 6.45) is 3.05. The molecule has 0 fully saturated rings. The molecule has 1 aromatic heterocycles. The fraction of sp³-hybridized carbons (Fsp3) is 0.333. The second kappa shape index (κ2) is 15.9. The van der Waals surface area contributed by atoms with Gasteiger partial charge in [0.2, 0.25) is 5.91 Å². The van der Waals surface area contributed by atoms with Crippen molar-refractivity contribution in [3.63, 3.8) is 0 Å². The highest BCUT2D eigenvalue weighted by Gasteiger charge is 2.27. The summed E-state index contributed by atoms with van der Waals surface area (Å²) in [5.74, 6) is 1.40. The van der Waals surface area contributed by atoms with Gasteiger partial charge < -0.3 is 24.4 Å². The largest absolute Gasteiger partial charge is 0.493 e. The zero-order chi connectivity index (χ0) is 32.3. The first-order valence-corrected chi connectivity index (χ1v) is 15.8.